The Morgan fingerprint density at radius 3 is 2.86 bits per heavy atom. The molecule has 4 fully saturated rings. The Kier molecular flexibility index (Phi) is 3.45. The van der Waals surface area contributed by atoms with Gasteiger partial charge in [0.15, 0.2) is 0 Å². The average molecular weight is 288 g/mol. The first-order valence-electron chi connectivity index (χ1n) is 8.30. The molecule has 4 aliphatic rings. The van der Waals surface area contributed by atoms with Gasteiger partial charge in [0.25, 0.3) is 0 Å². The number of imidazole rings is 1. The third kappa shape index (κ3) is 2.59. The minimum absolute atomic E-state index is 0.334. The maximum Gasteiger partial charge on any atom is 0.225 e. The number of carbonyl (C=O) groups excluding carboxylic acids is 1. The number of aromatic amines is 1. The average Bonchev–Trinajstić information content (AvgIpc) is 2.75. The van der Waals surface area contributed by atoms with Crippen molar-refractivity contribution < 1.29 is 4.79 Å². The number of hydrogen-bond donors (Lipinski definition) is 1. The van der Waals surface area contributed by atoms with Crippen LogP contribution in [0.5, 0.6) is 0 Å². The van der Waals surface area contributed by atoms with Crippen molar-refractivity contribution in [3.8, 4) is 0 Å². The highest BCUT2D eigenvalue weighted by Gasteiger charge is 2.39. The summed E-state index contributed by atoms with van der Waals surface area (Å²) in [6.07, 6.45) is 9.66. The molecule has 3 saturated heterocycles. The zero-order valence-electron chi connectivity index (χ0n) is 12.5. The van der Waals surface area contributed by atoms with Crippen molar-refractivity contribution in [3.63, 3.8) is 0 Å². The normalized spacial score (nSPS) is 30.2. The molecular weight excluding hydrogens is 264 g/mol. The first kappa shape index (κ1) is 13.3. The molecule has 0 radical (unpaired) electrons. The van der Waals surface area contributed by atoms with E-state index in [2.05, 4.69) is 19.8 Å². The van der Waals surface area contributed by atoms with Crippen LogP contribution < -0.4 is 0 Å². The Hall–Kier alpha value is -1.36. The molecule has 2 atom stereocenters. The van der Waals surface area contributed by atoms with Crippen LogP contribution in [0.25, 0.3) is 0 Å². The predicted octanol–water partition coefficient (Wildman–Crippen LogP) is 1.63. The number of nitrogens with zero attached hydrogens (tertiary/aromatic N) is 3. The highest BCUT2D eigenvalue weighted by molar-refractivity contribution is 5.79. The van der Waals surface area contributed by atoms with Crippen LogP contribution >= 0.6 is 0 Å². The molecule has 1 aromatic rings. The molecule has 5 heteroatoms. The van der Waals surface area contributed by atoms with Crippen LogP contribution in [-0.4, -0.2) is 51.4 Å². The predicted molar refractivity (Wildman–Crippen MR) is 79.4 cm³/mol. The van der Waals surface area contributed by atoms with Gasteiger partial charge in [-0.15, -0.1) is 0 Å². The number of rotatable bonds is 3. The zero-order valence-corrected chi connectivity index (χ0v) is 12.5. The van der Waals surface area contributed by atoms with Gasteiger partial charge in [-0.05, 0) is 31.6 Å². The van der Waals surface area contributed by atoms with Gasteiger partial charge in [0, 0.05) is 44.0 Å². The minimum atomic E-state index is 0.334. The second-order valence-electron chi connectivity index (χ2n) is 6.93. The lowest BCUT2D eigenvalue weighted by Gasteiger charge is -2.35. The van der Waals surface area contributed by atoms with Crippen molar-refractivity contribution in [1.29, 1.82) is 0 Å². The van der Waals surface area contributed by atoms with Crippen LogP contribution in [0, 0.1) is 11.8 Å². The van der Waals surface area contributed by atoms with Gasteiger partial charge < -0.3 is 9.88 Å². The maximum atomic E-state index is 12.6. The van der Waals surface area contributed by atoms with Crippen molar-refractivity contribution >= 4 is 5.91 Å². The summed E-state index contributed by atoms with van der Waals surface area (Å²) in [5, 5.41) is 0. The standard InChI is InChI=1S/C16H24N4O/c21-16(13-2-1-3-13)20-9-12-4-5-14(10-20)19(8-12)11-15-17-6-7-18-15/h6-7,12-14H,1-5,8-11H2,(H,17,18)/t12-,14-/m1/s1. The number of nitrogens with one attached hydrogen (secondary N) is 1. The third-order valence-electron chi connectivity index (χ3n) is 5.50. The number of aromatic nitrogens is 2. The van der Waals surface area contributed by atoms with E-state index in [1.165, 1.54) is 19.3 Å². The SMILES string of the molecule is O=C(C1CCC1)N1C[C@@H]2CC[C@H](C1)N(Cc1ncc[nH]1)C2. The van der Waals surface area contributed by atoms with Crippen molar-refractivity contribution in [2.75, 3.05) is 19.6 Å². The summed E-state index contributed by atoms with van der Waals surface area (Å²) in [4.78, 5) is 24.8. The number of hydrogen-bond acceptors (Lipinski definition) is 3. The fourth-order valence-corrected chi connectivity index (χ4v) is 4.04. The Labute approximate surface area is 125 Å². The number of fused-ring (bicyclic) bond motifs is 4. The first-order valence-corrected chi connectivity index (χ1v) is 8.30. The monoisotopic (exact) mass is 288 g/mol. The number of amides is 1. The van der Waals surface area contributed by atoms with Gasteiger partial charge >= 0.3 is 0 Å². The summed E-state index contributed by atoms with van der Waals surface area (Å²) in [6.45, 7) is 3.90. The molecule has 114 valence electrons. The number of H-pyrrole nitrogens is 1. The van der Waals surface area contributed by atoms with Crippen molar-refractivity contribution in [1.82, 2.24) is 19.8 Å². The second-order valence-corrected chi connectivity index (χ2v) is 6.93. The molecule has 2 bridgehead atoms. The van der Waals surface area contributed by atoms with Crippen LogP contribution in [0.1, 0.15) is 37.9 Å². The van der Waals surface area contributed by atoms with Gasteiger partial charge in [-0.3, -0.25) is 9.69 Å². The smallest absolute Gasteiger partial charge is 0.225 e. The molecule has 1 N–H and O–H groups in total. The van der Waals surface area contributed by atoms with E-state index in [-0.39, 0.29) is 0 Å². The summed E-state index contributed by atoms with van der Waals surface area (Å²) in [7, 11) is 0. The second kappa shape index (κ2) is 5.44. The first-order chi connectivity index (χ1) is 10.3. The molecule has 0 aromatic carbocycles. The number of piperidine rings is 1. The fourth-order valence-electron chi connectivity index (χ4n) is 4.04. The summed E-state index contributed by atoms with van der Waals surface area (Å²) in [5.74, 6) is 2.45. The fraction of sp³-hybridized carbons (Fsp3) is 0.750. The molecule has 21 heavy (non-hydrogen) atoms. The van der Waals surface area contributed by atoms with Gasteiger partial charge in [-0.2, -0.15) is 0 Å². The van der Waals surface area contributed by atoms with Crippen LogP contribution in [0.3, 0.4) is 0 Å². The summed E-state index contributed by atoms with van der Waals surface area (Å²) >= 11 is 0. The Morgan fingerprint density at radius 1 is 1.24 bits per heavy atom. The maximum absolute atomic E-state index is 12.6. The Morgan fingerprint density at radius 2 is 2.14 bits per heavy atom. The molecule has 4 heterocycles. The quantitative estimate of drug-likeness (QED) is 0.920. The highest BCUT2D eigenvalue weighted by atomic mass is 16.2. The van der Waals surface area contributed by atoms with Crippen molar-refractivity contribution in [3.05, 3.63) is 18.2 Å². The largest absolute Gasteiger partial charge is 0.348 e. The molecule has 1 aliphatic carbocycles. The summed E-state index contributed by atoms with van der Waals surface area (Å²) in [5.41, 5.74) is 0. The minimum Gasteiger partial charge on any atom is -0.348 e. The van der Waals surface area contributed by atoms with Gasteiger partial charge in [0.1, 0.15) is 5.82 Å². The summed E-state index contributed by atoms with van der Waals surface area (Å²) < 4.78 is 0. The molecule has 0 spiro atoms. The lowest BCUT2D eigenvalue weighted by atomic mass is 9.84. The molecule has 0 unspecified atom stereocenters. The molecular formula is C16H24N4O. The number of carbonyl (C=O) groups is 1. The van der Waals surface area contributed by atoms with E-state index in [1.54, 1.807) is 0 Å². The molecule has 3 aliphatic heterocycles. The van der Waals surface area contributed by atoms with E-state index < -0.39 is 0 Å². The van der Waals surface area contributed by atoms with E-state index in [0.29, 0.717) is 23.8 Å². The highest BCUT2D eigenvalue weighted by Crippen LogP contribution is 2.33. The van der Waals surface area contributed by atoms with E-state index >= 15 is 0 Å². The molecule has 1 aromatic heterocycles. The molecule has 1 saturated carbocycles. The van der Waals surface area contributed by atoms with Crippen LogP contribution in [-0.2, 0) is 11.3 Å². The van der Waals surface area contributed by atoms with Crippen LogP contribution in [0.4, 0.5) is 0 Å². The topological polar surface area (TPSA) is 52.2 Å². The Bertz CT molecular complexity index is 496. The third-order valence-corrected chi connectivity index (χ3v) is 5.50. The molecule has 5 nitrogen and oxygen atoms in total. The van der Waals surface area contributed by atoms with Gasteiger partial charge in [0.2, 0.25) is 5.91 Å². The Balaban J connectivity index is 1.45. The molecule has 5 rings (SSSR count). The van der Waals surface area contributed by atoms with E-state index in [4.69, 9.17) is 0 Å². The lowest BCUT2D eigenvalue weighted by molar-refractivity contribution is -0.138. The summed E-state index contributed by atoms with van der Waals surface area (Å²) in [6, 6.07) is 0.512. The lowest BCUT2D eigenvalue weighted by Crippen LogP contribution is -2.45. The van der Waals surface area contributed by atoms with E-state index in [0.717, 1.165) is 44.8 Å². The van der Waals surface area contributed by atoms with Crippen molar-refractivity contribution in [2.45, 2.75) is 44.7 Å². The van der Waals surface area contributed by atoms with E-state index in [1.807, 2.05) is 12.4 Å². The van der Waals surface area contributed by atoms with E-state index in [9.17, 15) is 4.79 Å². The van der Waals surface area contributed by atoms with Gasteiger partial charge in [0.05, 0.1) is 6.54 Å². The zero-order chi connectivity index (χ0) is 14.2. The van der Waals surface area contributed by atoms with Gasteiger partial charge in [-0.25, -0.2) is 4.98 Å². The van der Waals surface area contributed by atoms with Crippen LogP contribution in [0.2, 0.25) is 0 Å². The van der Waals surface area contributed by atoms with Crippen molar-refractivity contribution in [2.24, 2.45) is 11.8 Å². The van der Waals surface area contributed by atoms with Gasteiger partial charge in [-0.1, -0.05) is 6.42 Å². The molecule has 1 amide bonds. The van der Waals surface area contributed by atoms with Crippen LogP contribution in [0.15, 0.2) is 12.4 Å².